The van der Waals surface area contributed by atoms with E-state index in [-0.39, 0.29) is 40.4 Å². The van der Waals surface area contributed by atoms with Crippen LogP contribution >= 0.6 is 11.6 Å². The van der Waals surface area contributed by atoms with Crippen molar-refractivity contribution in [3.05, 3.63) is 73.0 Å². The predicted octanol–water partition coefficient (Wildman–Crippen LogP) is 4.35. The Balaban J connectivity index is 2.23. The van der Waals surface area contributed by atoms with E-state index in [0.29, 0.717) is 17.3 Å². The normalized spacial score (nSPS) is 12.5. The maximum Gasteiger partial charge on any atom is 0.330 e. The zero-order valence-corrected chi connectivity index (χ0v) is 20.0. The van der Waals surface area contributed by atoms with Gasteiger partial charge in [0.2, 0.25) is 0 Å². The molecule has 1 aromatic carbocycles. The predicted molar refractivity (Wildman–Crippen MR) is 128 cm³/mol. The second-order valence-electron chi connectivity index (χ2n) is 8.86. The zero-order valence-electron chi connectivity index (χ0n) is 19.3. The van der Waals surface area contributed by atoms with Crippen LogP contribution in [0.2, 0.25) is 5.02 Å². The van der Waals surface area contributed by atoms with Crippen LogP contribution in [0.1, 0.15) is 68.2 Å². The lowest BCUT2D eigenvalue weighted by Crippen LogP contribution is -2.35. The van der Waals surface area contributed by atoms with Gasteiger partial charge >= 0.3 is 5.69 Å². The number of benzene rings is 1. The molecule has 7 nitrogen and oxygen atoms in total. The molecule has 3 aromatic rings. The van der Waals surface area contributed by atoms with Crippen LogP contribution in [-0.4, -0.2) is 32.4 Å². The molecule has 0 aliphatic rings. The Morgan fingerprint density at radius 1 is 1.16 bits per heavy atom. The summed E-state index contributed by atoms with van der Waals surface area (Å²) in [6.07, 6.45) is 0. The number of H-pyrrole nitrogens is 1. The van der Waals surface area contributed by atoms with Gasteiger partial charge in [-0.15, -0.1) is 0 Å². The first-order chi connectivity index (χ1) is 15.0. The number of pyridine rings is 1. The summed E-state index contributed by atoms with van der Waals surface area (Å²) < 4.78 is 1.45. The van der Waals surface area contributed by atoms with Gasteiger partial charge in [-0.25, -0.2) is 9.78 Å². The molecule has 0 saturated heterocycles. The molecule has 3 rings (SSSR count). The second-order valence-corrected chi connectivity index (χ2v) is 9.30. The fraction of sp³-hybridized carbons (Fsp3) is 0.417. The van der Waals surface area contributed by atoms with Gasteiger partial charge in [0.25, 0.3) is 11.5 Å². The van der Waals surface area contributed by atoms with Crippen molar-refractivity contribution in [2.24, 2.45) is 5.92 Å². The van der Waals surface area contributed by atoms with Crippen molar-refractivity contribution in [1.29, 1.82) is 0 Å². The molecule has 1 amide bonds. The summed E-state index contributed by atoms with van der Waals surface area (Å²) in [5.41, 5.74) is 0.858. The van der Waals surface area contributed by atoms with Gasteiger partial charge in [0.15, 0.2) is 5.65 Å². The number of fused-ring (bicyclic) bond motifs is 1. The Morgan fingerprint density at radius 3 is 2.44 bits per heavy atom. The third-order valence-corrected chi connectivity index (χ3v) is 5.81. The van der Waals surface area contributed by atoms with Crippen LogP contribution in [0.15, 0.2) is 39.9 Å². The van der Waals surface area contributed by atoms with E-state index in [0.717, 1.165) is 5.56 Å². The zero-order chi connectivity index (χ0) is 23.7. The van der Waals surface area contributed by atoms with Gasteiger partial charge in [-0.05, 0) is 42.5 Å². The highest BCUT2D eigenvalue weighted by Crippen LogP contribution is 2.26. The lowest BCUT2D eigenvalue weighted by molar-refractivity contribution is 0.0744. The van der Waals surface area contributed by atoms with Crippen LogP contribution in [0, 0.1) is 5.92 Å². The molecule has 0 aliphatic heterocycles. The number of hydrogen-bond donors (Lipinski definition) is 1. The third-order valence-electron chi connectivity index (χ3n) is 5.57. The van der Waals surface area contributed by atoms with Gasteiger partial charge in [0.05, 0.1) is 17.0 Å². The maximum atomic E-state index is 13.6. The number of rotatable bonds is 6. The van der Waals surface area contributed by atoms with Crippen LogP contribution < -0.4 is 11.2 Å². The second kappa shape index (κ2) is 9.28. The third kappa shape index (κ3) is 4.63. The minimum absolute atomic E-state index is 0.00324. The van der Waals surface area contributed by atoms with E-state index >= 15 is 0 Å². The first-order valence-corrected chi connectivity index (χ1v) is 11.1. The van der Waals surface area contributed by atoms with Crippen molar-refractivity contribution in [3.8, 4) is 0 Å². The maximum absolute atomic E-state index is 13.6. The van der Waals surface area contributed by atoms with Crippen molar-refractivity contribution in [2.45, 2.75) is 53.1 Å². The minimum atomic E-state index is -0.611. The van der Waals surface area contributed by atoms with E-state index in [2.05, 4.69) is 9.97 Å². The molecule has 0 spiro atoms. The van der Waals surface area contributed by atoms with E-state index in [9.17, 15) is 14.4 Å². The van der Waals surface area contributed by atoms with E-state index in [1.807, 2.05) is 52.8 Å². The Morgan fingerprint density at radius 2 is 1.84 bits per heavy atom. The Hall–Kier alpha value is -2.93. The van der Waals surface area contributed by atoms with Gasteiger partial charge in [0.1, 0.15) is 0 Å². The number of nitrogens with zero attached hydrogens (tertiary/aromatic N) is 3. The van der Waals surface area contributed by atoms with Gasteiger partial charge in [-0.3, -0.25) is 19.1 Å². The minimum Gasteiger partial charge on any atom is -0.335 e. The van der Waals surface area contributed by atoms with Crippen LogP contribution in [0.3, 0.4) is 0 Å². The van der Waals surface area contributed by atoms with Crippen LogP contribution in [0.4, 0.5) is 0 Å². The number of aromatic nitrogens is 3. The fourth-order valence-electron chi connectivity index (χ4n) is 3.65. The number of carbonyl (C=O) groups is 1. The van der Waals surface area contributed by atoms with E-state index in [4.69, 9.17) is 11.6 Å². The first-order valence-electron chi connectivity index (χ1n) is 10.7. The number of carbonyl (C=O) groups excluding carboxylic acids is 1. The summed E-state index contributed by atoms with van der Waals surface area (Å²) in [6.45, 7) is 10.1. The summed E-state index contributed by atoms with van der Waals surface area (Å²) in [6, 6.07) is 8.70. The Kier molecular flexibility index (Phi) is 6.88. The van der Waals surface area contributed by atoms with Gasteiger partial charge in [-0.1, -0.05) is 51.4 Å². The summed E-state index contributed by atoms with van der Waals surface area (Å²) in [7, 11) is 1.69. The van der Waals surface area contributed by atoms with Crippen LogP contribution in [0.5, 0.6) is 0 Å². The molecule has 0 bridgehead atoms. The molecule has 8 heteroatoms. The topological polar surface area (TPSA) is 88.1 Å². The highest BCUT2D eigenvalue weighted by molar-refractivity contribution is 6.30. The van der Waals surface area contributed by atoms with E-state index in [1.54, 1.807) is 24.1 Å². The summed E-state index contributed by atoms with van der Waals surface area (Å²) in [5, 5.41) is 0.714. The van der Waals surface area contributed by atoms with Crippen molar-refractivity contribution in [3.63, 3.8) is 0 Å². The number of hydrogen-bond acceptors (Lipinski definition) is 4. The van der Waals surface area contributed by atoms with Gasteiger partial charge in [-0.2, -0.15) is 0 Å². The average Bonchev–Trinajstić information content (AvgIpc) is 2.73. The Labute approximate surface area is 192 Å². The molecular formula is C24H29ClN4O3. The molecule has 0 radical (unpaired) electrons. The van der Waals surface area contributed by atoms with Gasteiger partial charge < -0.3 is 4.90 Å². The molecule has 1 N–H and O–H groups in total. The summed E-state index contributed by atoms with van der Waals surface area (Å²) >= 11 is 6.13. The quantitative estimate of drug-likeness (QED) is 0.597. The molecule has 1 atom stereocenters. The van der Waals surface area contributed by atoms with Crippen LogP contribution in [-0.2, 0) is 6.54 Å². The van der Waals surface area contributed by atoms with Crippen molar-refractivity contribution >= 4 is 28.5 Å². The lowest BCUT2D eigenvalue weighted by Gasteiger charge is -2.26. The fourth-order valence-corrected chi connectivity index (χ4v) is 3.85. The van der Waals surface area contributed by atoms with E-state index in [1.165, 1.54) is 4.57 Å². The standard InChI is InChI=1S/C24H29ClN4O3/c1-13(2)12-29-21-20(22(30)27-24(29)32)18(11-19(26-21)14(3)4)23(31)28(6)15(5)16-8-7-9-17(25)10-16/h7-11,13-15H,12H2,1-6H3,(H,27,30,32). The smallest absolute Gasteiger partial charge is 0.330 e. The Bertz CT molecular complexity index is 1280. The molecule has 1 unspecified atom stereocenters. The van der Waals surface area contributed by atoms with E-state index < -0.39 is 11.2 Å². The van der Waals surface area contributed by atoms with Crippen molar-refractivity contribution in [1.82, 2.24) is 19.4 Å². The molecule has 0 fully saturated rings. The lowest BCUT2D eigenvalue weighted by atomic mass is 10.0. The summed E-state index contributed by atoms with van der Waals surface area (Å²) in [5.74, 6) is -0.175. The SMILES string of the molecule is CC(C)Cn1c(=O)[nH]c(=O)c2c(C(=O)N(C)C(C)c3cccc(Cl)c3)cc(C(C)C)nc21. The molecule has 2 heterocycles. The molecular weight excluding hydrogens is 428 g/mol. The average molecular weight is 457 g/mol. The molecule has 170 valence electrons. The highest BCUT2D eigenvalue weighted by Gasteiger charge is 2.25. The number of nitrogens with one attached hydrogen (secondary N) is 1. The van der Waals surface area contributed by atoms with Crippen molar-refractivity contribution in [2.75, 3.05) is 7.05 Å². The number of aromatic amines is 1. The van der Waals surface area contributed by atoms with Crippen molar-refractivity contribution < 1.29 is 4.79 Å². The molecule has 2 aromatic heterocycles. The largest absolute Gasteiger partial charge is 0.335 e. The van der Waals surface area contributed by atoms with Gasteiger partial charge in [0, 0.05) is 24.3 Å². The highest BCUT2D eigenvalue weighted by atomic mass is 35.5. The summed E-state index contributed by atoms with van der Waals surface area (Å²) in [4.78, 5) is 47.6. The molecule has 32 heavy (non-hydrogen) atoms. The number of amides is 1. The van der Waals surface area contributed by atoms with Crippen LogP contribution in [0.25, 0.3) is 11.0 Å². The first kappa shape index (κ1) is 23.7. The number of halogens is 1. The molecule has 0 saturated carbocycles. The molecule has 0 aliphatic carbocycles. The monoisotopic (exact) mass is 456 g/mol.